The Hall–Kier alpha value is -0.840. The summed E-state index contributed by atoms with van der Waals surface area (Å²) in [6.45, 7) is 3.39. The Balaban J connectivity index is 3.91. The summed E-state index contributed by atoms with van der Waals surface area (Å²) in [5, 5.41) is 14.9. The molecule has 0 aromatic carbocycles. The van der Waals surface area contributed by atoms with Crippen molar-refractivity contribution in [2.24, 2.45) is 5.41 Å². The lowest BCUT2D eigenvalue weighted by Gasteiger charge is -2.02. The van der Waals surface area contributed by atoms with E-state index in [4.69, 9.17) is 10.7 Å². The van der Waals surface area contributed by atoms with Gasteiger partial charge in [0.2, 0.25) is 0 Å². The minimum absolute atomic E-state index is 0.569. The molecule has 0 spiro atoms. The van der Waals surface area contributed by atoms with Crippen molar-refractivity contribution < 1.29 is 0 Å². The molecule has 0 atom stereocenters. The second kappa shape index (κ2) is 1.74. The van der Waals surface area contributed by atoms with E-state index in [0.717, 1.165) is 6.21 Å². The van der Waals surface area contributed by atoms with Crippen LogP contribution >= 0.6 is 0 Å². The topological polar surface area (TPSA) is 47.6 Å². The van der Waals surface area contributed by atoms with Crippen molar-refractivity contribution in [1.82, 2.24) is 0 Å². The third-order valence-corrected chi connectivity index (χ3v) is 0.649. The first kappa shape index (κ1) is 6.16. The second-order valence-corrected chi connectivity index (χ2v) is 1.98. The number of nitrogens with zero attached hydrogens (tertiary/aromatic N) is 1. The van der Waals surface area contributed by atoms with Crippen molar-refractivity contribution in [2.45, 2.75) is 13.8 Å². The third-order valence-electron chi connectivity index (χ3n) is 0.649. The van der Waals surface area contributed by atoms with E-state index >= 15 is 0 Å². The van der Waals surface area contributed by atoms with Crippen LogP contribution < -0.4 is 0 Å². The van der Waals surface area contributed by atoms with Crippen LogP contribution in [0.4, 0.5) is 0 Å². The lowest BCUT2D eigenvalue weighted by Crippen LogP contribution is -2.07. The first-order chi connectivity index (χ1) is 3.12. The molecule has 0 aromatic heterocycles. The summed E-state index contributed by atoms with van der Waals surface area (Å²) in [6.07, 6.45) is 1.13. The van der Waals surface area contributed by atoms with Gasteiger partial charge in [0.25, 0.3) is 0 Å². The molecule has 0 bridgehead atoms. The molecular weight excluding hydrogens is 88.1 g/mol. The van der Waals surface area contributed by atoms with Crippen molar-refractivity contribution in [3.63, 3.8) is 0 Å². The average molecular weight is 96.1 g/mol. The fourth-order valence-corrected chi connectivity index (χ4v) is 0.0323. The molecule has 0 amide bonds. The van der Waals surface area contributed by atoms with Gasteiger partial charge in [0, 0.05) is 6.21 Å². The lowest BCUT2D eigenvalue weighted by atomic mass is 9.99. The van der Waals surface area contributed by atoms with E-state index in [9.17, 15) is 0 Å². The van der Waals surface area contributed by atoms with Gasteiger partial charge in [-0.05, 0) is 13.8 Å². The summed E-state index contributed by atoms with van der Waals surface area (Å²) in [6, 6.07) is 1.95. The van der Waals surface area contributed by atoms with Gasteiger partial charge >= 0.3 is 0 Å². The molecule has 0 radical (unpaired) electrons. The minimum atomic E-state index is -0.569. The van der Waals surface area contributed by atoms with Gasteiger partial charge in [-0.1, -0.05) is 0 Å². The predicted molar refractivity (Wildman–Crippen MR) is 28.2 cm³/mol. The van der Waals surface area contributed by atoms with Crippen LogP contribution in [0.15, 0.2) is 0 Å². The minimum Gasteiger partial charge on any atom is -0.311 e. The maximum absolute atomic E-state index is 8.19. The first-order valence-electron chi connectivity index (χ1n) is 2.05. The average Bonchev–Trinajstić information content (AvgIpc) is 1.68. The van der Waals surface area contributed by atoms with E-state index < -0.39 is 5.41 Å². The summed E-state index contributed by atoms with van der Waals surface area (Å²) in [5.74, 6) is 0. The van der Waals surface area contributed by atoms with Gasteiger partial charge < -0.3 is 5.41 Å². The predicted octanol–water partition coefficient (Wildman–Crippen LogP) is 1.19. The fourth-order valence-electron chi connectivity index (χ4n) is 0.0323. The summed E-state index contributed by atoms with van der Waals surface area (Å²) in [5.41, 5.74) is -0.569. The quantitative estimate of drug-likeness (QED) is 0.489. The lowest BCUT2D eigenvalue weighted by molar-refractivity contribution is 0.708. The molecule has 38 valence electrons. The molecule has 0 aliphatic carbocycles. The van der Waals surface area contributed by atoms with Crippen LogP contribution in [0.3, 0.4) is 0 Å². The third kappa shape index (κ3) is 1.94. The van der Waals surface area contributed by atoms with Crippen LogP contribution in [0.25, 0.3) is 0 Å². The summed E-state index contributed by atoms with van der Waals surface area (Å²) >= 11 is 0. The van der Waals surface area contributed by atoms with E-state index in [0.29, 0.717) is 0 Å². The standard InChI is InChI=1S/C5H8N2/c1-5(2,3-6)4-7/h3,6H,1-2H3. The fraction of sp³-hybridized carbons (Fsp3) is 0.600. The van der Waals surface area contributed by atoms with Gasteiger partial charge in [0.05, 0.1) is 11.5 Å². The first-order valence-corrected chi connectivity index (χ1v) is 2.05. The van der Waals surface area contributed by atoms with E-state index in [-0.39, 0.29) is 0 Å². The molecular formula is C5H8N2. The number of rotatable bonds is 1. The van der Waals surface area contributed by atoms with Crippen LogP contribution in [0.2, 0.25) is 0 Å². The van der Waals surface area contributed by atoms with Crippen molar-refractivity contribution >= 4 is 6.21 Å². The van der Waals surface area contributed by atoms with E-state index in [2.05, 4.69) is 0 Å². The Bertz CT molecular complexity index is 108. The molecule has 0 aromatic rings. The van der Waals surface area contributed by atoms with Crippen molar-refractivity contribution in [2.75, 3.05) is 0 Å². The Labute approximate surface area is 43.3 Å². The highest BCUT2D eigenvalue weighted by Gasteiger charge is 2.09. The number of nitriles is 1. The maximum atomic E-state index is 8.19. The molecule has 0 heterocycles. The molecule has 2 nitrogen and oxygen atoms in total. The number of hydrogen-bond acceptors (Lipinski definition) is 2. The molecule has 7 heavy (non-hydrogen) atoms. The van der Waals surface area contributed by atoms with Crippen LogP contribution in [-0.2, 0) is 0 Å². The summed E-state index contributed by atoms with van der Waals surface area (Å²) in [4.78, 5) is 0. The smallest absolute Gasteiger partial charge is 0.0861 e. The largest absolute Gasteiger partial charge is 0.311 e. The molecule has 1 N–H and O–H groups in total. The van der Waals surface area contributed by atoms with Gasteiger partial charge in [0.1, 0.15) is 0 Å². The zero-order chi connectivity index (χ0) is 5.91. The Morgan fingerprint density at radius 1 is 1.71 bits per heavy atom. The van der Waals surface area contributed by atoms with Gasteiger partial charge in [0.15, 0.2) is 0 Å². The highest BCUT2D eigenvalue weighted by molar-refractivity contribution is 5.64. The molecule has 0 saturated carbocycles. The monoisotopic (exact) mass is 96.1 g/mol. The molecule has 0 aliphatic heterocycles. The molecule has 2 heteroatoms. The second-order valence-electron chi connectivity index (χ2n) is 1.98. The van der Waals surface area contributed by atoms with Crippen LogP contribution in [0.1, 0.15) is 13.8 Å². The number of nitrogens with one attached hydrogen (secondary N) is 1. The van der Waals surface area contributed by atoms with Gasteiger partial charge in [-0.25, -0.2) is 0 Å². The Kier molecular flexibility index (Phi) is 1.53. The van der Waals surface area contributed by atoms with E-state index in [1.807, 2.05) is 6.07 Å². The zero-order valence-corrected chi connectivity index (χ0v) is 4.52. The van der Waals surface area contributed by atoms with Crippen LogP contribution in [-0.4, -0.2) is 6.21 Å². The van der Waals surface area contributed by atoms with Crippen LogP contribution in [0, 0.1) is 22.2 Å². The molecule has 0 rings (SSSR count). The highest BCUT2D eigenvalue weighted by Crippen LogP contribution is 2.06. The summed E-state index contributed by atoms with van der Waals surface area (Å²) in [7, 11) is 0. The zero-order valence-electron chi connectivity index (χ0n) is 4.52. The Morgan fingerprint density at radius 3 is 2.14 bits per heavy atom. The van der Waals surface area contributed by atoms with Gasteiger partial charge in [-0.2, -0.15) is 5.26 Å². The molecule has 0 unspecified atom stereocenters. The molecule has 0 fully saturated rings. The van der Waals surface area contributed by atoms with E-state index in [1.165, 1.54) is 0 Å². The number of hydrogen-bond donors (Lipinski definition) is 1. The van der Waals surface area contributed by atoms with Crippen LogP contribution in [0.5, 0.6) is 0 Å². The highest BCUT2D eigenvalue weighted by atomic mass is 14.4. The molecule has 0 aliphatic rings. The van der Waals surface area contributed by atoms with Crippen molar-refractivity contribution in [3.8, 4) is 6.07 Å². The normalized spacial score (nSPS) is 9.86. The Morgan fingerprint density at radius 2 is 2.14 bits per heavy atom. The van der Waals surface area contributed by atoms with Gasteiger partial charge in [-0.15, -0.1) is 0 Å². The van der Waals surface area contributed by atoms with Crippen molar-refractivity contribution in [3.05, 3.63) is 0 Å². The van der Waals surface area contributed by atoms with E-state index in [1.54, 1.807) is 13.8 Å². The SMILES string of the molecule is CC(C)(C#N)C=N. The molecule has 0 saturated heterocycles. The van der Waals surface area contributed by atoms with Crippen molar-refractivity contribution in [1.29, 1.82) is 10.7 Å². The summed E-state index contributed by atoms with van der Waals surface area (Å²) < 4.78 is 0. The van der Waals surface area contributed by atoms with Gasteiger partial charge in [-0.3, -0.25) is 0 Å². The maximum Gasteiger partial charge on any atom is 0.0861 e.